The Bertz CT molecular complexity index is 257. The molecule has 4 N–H and O–H groups in total. The first-order valence-corrected chi connectivity index (χ1v) is 3.17. The SMILES string of the molecule is N=C(NOC=O)Nc1ccc[nH]1. The van der Waals surface area contributed by atoms with E-state index in [1.54, 1.807) is 18.3 Å². The third-order valence-corrected chi connectivity index (χ3v) is 1.07. The first-order chi connectivity index (χ1) is 5.83. The second kappa shape index (κ2) is 4.02. The fraction of sp³-hybridized carbons (Fsp3) is 0. The summed E-state index contributed by atoms with van der Waals surface area (Å²) < 4.78 is 0. The van der Waals surface area contributed by atoms with Crippen molar-refractivity contribution in [2.45, 2.75) is 0 Å². The van der Waals surface area contributed by atoms with Crippen LogP contribution in [-0.2, 0) is 9.63 Å². The summed E-state index contributed by atoms with van der Waals surface area (Å²) >= 11 is 0. The molecule has 0 aliphatic rings. The van der Waals surface area contributed by atoms with E-state index >= 15 is 0 Å². The van der Waals surface area contributed by atoms with Gasteiger partial charge < -0.3 is 15.1 Å². The lowest BCUT2D eigenvalue weighted by molar-refractivity contribution is -0.132. The Kier molecular flexibility index (Phi) is 2.72. The van der Waals surface area contributed by atoms with Gasteiger partial charge in [0.05, 0.1) is 0 Å². The van der Waals surface area contributed by atoms with Crippen LogP contribution in [-0.4, -0.2) is 17.4 Å². The molecule has 0 amide bonds. The molecule has 1 rings (SSSR count). The highest BCUT2D eigenvalue weighted by molar-refractivity contribution is 5.89. The number of nitrogens with one attached hydrogen (secondary N) is 4. The average molecular weight is 168 g/mol. The molecule has 0 spiro atoms. The number of carbonyl (C=O) groups excluding carboxylic acids is 1. The van der Waals surface area contributed by atoms with E-state index in [9.17, 15) is 4.79 Å². The highest BCUT2D eigenvalue weighted by atomic mass is 16.7. The topological polar surface area (TPSA) is 90.0 Å². The fourth-order valence-corrected chi connectivity index (χ4v) is 0.651. The molecule has 0 atom stereocenters. The lowest BCUT2D eigenvalue weighted by atomic mass is 10.6. The summed E-state index contributed by atoms with van der Waals surface area (Å²) in [6.45, 7) is 0.199. The van der Waals surface area contributed by atoms with Gasteiger partial charge in [0.25, 0.3) is 0 Å². The van der Waals surface area contributed by atoms with Crippen molar-refractivity contribution < 1.29 is 9.63 Å². The Labute approximate surface area is 68.4 Å². The summed E-state index contributed by atoms with van der Waals surface area (Å²) in [5.41, 5.74) is 2.05. The van der Waals surface area contributed by atoms with Crippen LogP contribution in [0.5, 0.6) is 0 Å². The van der Waals surface area contributed by atoms with Crippen LogP contribution in [0, 0.1) is 5.41 Å². The monoisotopic (exact) mass is 168 g/mol. The van der Waals surface area contributed by atoms with Gasteiger partial charge in [-0.05, 0) is 12.1 Å². The molecule has 0 aromatic carbocycles. The molecule has 6 nitrogen and oxygen atoms in total. The average Bonchev–Trinajstić information content (AvgIpc) is 2.53. The molecule has 0 fully saturated rings. The van der Waals surface area contributed by atoms with Gasteiger partial charge in [0, 0.05) is 6.20 Å². The Morgan fingerprint density at radius 1 is 1.75 bits per heavy atom. The quantitative estimate of drug-likeness (QED) is 0.222. The highest BCUT2D eigenvalue weighted by Crippen LogP contribution is 1.99. The van der Waals surface area contributed by atoms with Crippen LogP contribution in [0.1, 0.15) is 0 Å². The minimum Gasteiger partial charge on any atom is -0.348 e. The van der Waals surface area contributed by atoms with Gasteiger partial charge in [0.2, 0.25) is 5.96 Å². The zero-order valence-corrected chi connectivity index (χ0v) is 6.13. The van der Waals surface area contributed by atoms with Gasteiger partial charge in [-0.1, -0.05) is 0 Å². The van der Waals surface area contributed by atoms with Crippen LogP contribution in [0.2, 0.25) is 0 Å². The first kappa shape index (κ1) is 8.12. The Morgan fingerprint density at radius 2 is 2.58 bits per heavy atom. The molecule has 12 heavy (non-hydrogen) atoms. The zero-order chi connectivity index (χ0) is 8.81. The number of anilines is 1. The van der Waals surface area contributed by atoms with E-state index in [0.717, 1.165) is 0 Å². The first-order valence-electron chi connectivity index (χ1n) is 3.17. The second-order valence-electron chi connectivity index (χ2n) is 1.90. The van der Waals surface area contributed by atoms with Crippen LogP contribution in [0.3, 0.4) is 0 Å². The van der Waals surface area contributed by atoms with E-state index in [1.807, 2.05) is 0 Å². The molecule has 0 bridgehead atoms. The third-order valence-electron chi connectivity index (χ3n) is 1.07. The van der Waals surface area contributed by atoms with Crippen molar-refractivity contribution in [1.82, 2.24) is 10.5 Å². The standard InChI is InChI=1S/C6H8N4O2/c7-6(10-12-4-11)9-5-2-1-3-8-5/h1-4,8H,(H3,7,9,10). The Hall–Kier alpha value is -1.98. The van der Waals surface area contributed by atoms with Crippen molar-refractivity contribution in [1.29, 1.82) is 5.41 Å². The van der Waals surface area contributed by atoms with Crippen LogP contribution in [0.25, 0.3) is 0 Å². The fourth-order valence-electron chi connectivity index (χ4n) is 0.651. The number of aromatic amines is 1. The molecule has 0 aliphatic carbocycles. The third kappa shape index (κ3) is 2.33. The lowest BCUT2D eigenvalue weighted by Gasteiger charge is -2.04. The minimum absolute atomic E-state index is 0.121. The van der Waals surface area contributed by atoms with Gasteiger partial charge in [0.1, 0.15) is 5.82 Å². The van der Waals surface area contributed by atoms with E-state index in [0.29, 0.717) is 5.82 Å². The van der Waals surface area contributed by atoms with Crippen molar-refractivity contribution in [2.24, 2.45) is 0 Å². The normalized spacial score (nSPS) is 8.67. The number of carbonyl (C=O) groups is 1. The molecule has 0 saturated heterocycles. The zero-order valence-electron chi connectivity index (χ0n) is 6.13. The lowest BCUT2D eigenvalue weighted by Crippen LogP contribution is -2.29. The van der Waals surface area contributed by atoms with Crippen LogP contribution in [0.4, 0.5) is 5.82 Å². The molecule has 0 unspecified atom stereocenters. The summed E-state index contributed by atoms with van der Waals surface area (Å²) in [6.07, 6.45) is 1.70. The second-order valence-corrected chi connectivity index (χ2v) is 1.90. The maximum atomic E-state index is 9.69. The van der Waals surface area contributed by atoms with Gasteiger partial charge in [-0.15, -0.1) is 0 Å². The van der Waals surface area contributed by atoms with E-state index in [-0.39, 0.29) is 12.4 Å². The predicted molar refractivity (Wildman–Crippen MR) is 42.4 cm³/mol. The molecule has 1 aromatic heterocycles. The molecule has 0 aliphatic heterocycles. The molecule has 6 heteroatoms. The van der Waals surface area contributed by atoms with Crippen LogP contribution in [0.15, 0.2) is 18.3 Å². The number of hydrogen-bond donors (Lipinski definition) is 4. The minimum atomic E-state index is -0.121. The van der Waals surface area contributed by atoms with Gasteiger partial charge in [-0.2, -0.15) is 5.48 Å². The van der Waals surface area contributed by atoms with Crippen molar-refractivity contribution in [3.63, 3.8) is 0 Å². The molecule has 1 heterocycles. The van der Waals surface area contributed by atoms with Crippen molar-refractivity contribution in [2.75, 3.05) is 5.32 Å². The number of rotatable bonds is 3. The van der Waals surface area contributed by atoms with Gasteiger partial charge in [-0.25, -0.2) is 0 Å². The molecule has 0 saturated carbocycles. The van der Waals surface area contributed by atoms with E-state index in [1.165, 1.54) is 0 Å². The number of aromatic nitrogens is 1. The summed E-state index contributed by atoms with van der Waals surface area (Å²) in [5.74, 6) is 0.520. The van der Waals surface area contributed by atoms with E-state index < -0.39 is 0 Å². The van der Waals surface area contributed by atoms with Crippen LogP contribution >= 0.6 is 0 Å². The molecule has 1 aromatic rings. The molecular formula is C6H8N4O2. The summed E-state index contributed by atoms with van der Waals surface area (Å²) in [5, 5.41) is 9.73. The largest absolute Gasteiger partial charge is 0.348 e. The van der Waals surface area contributed by atoms with Gasteiger partial charge in [-0.3, -0.25) is 10.2 Å². The predicted octanol–water partition coefficient (Wildman–Crippen LogP) is 0.0390. The maximum absolute atomic E-state index is 9.69. The van der Waals surface area contributed by atoms with E-state index in [4.69, 9.17) is 5.41 Å². The Morgan fingerprint density at radius 3 is 3.17 bits per heavy atom. The van der Waals surface area contributed by atoms with Gasteiger partial charge >= 0.3 is 6.47 Å². The number of H-pyrrole nitrogens is 1. The smallest absolute Gasteiger partial charge is 0.320 e. The Balaban J connectivity index is 2.32. The van der Waals surface area contributed by atoms with Gasteiger partial charge in [0.15, 0.2) is 0 Å². The highest BCUT2D eigenvalue weighted by Gasteiger charge is 1.95. The molecule has 64 valence electrons. The summed E-state index contributed by atoms with van der Waals surface area (Å²) in [4.78, 5) is 16.6. The van der Waals surface area contributed by atoms with Crippen LogP contribution < -0.4 is 10.8 Å². The van der Waals surface area contributed by atoms with E-state index in [2.05, 4.69) is 20.6 Å². The number of guanidine groups is 1. The van der Waals surface area contributed by atoms with Crippen molar-refractivity contribution in [3.05, 3.63) is 18.3 Å². The number of hydrogen-bond acceptors (Lipinski definition) is 3. The molecular weight excluding hydrogens is 160 g/mol. The summed E-state index contributed by atoms with van der Waals surface area (Å²) in [6, 6.07) is 3.51. The summed E-state index contributed by atoms with van der Waals surface area (Å²) in [7, 11) is 0. The number of hydroxylamine groups is 1. The van der Waals surface area contributed by atoms with Crippen molar-refractivity contribution in [3.8, 4) is 0 Å². The van der Waals surface area contributed by atoms with Crippen molar-refractivity contribution >= 4 is 18.2 Å². The molecule has 0 radical (unpaired) electrons. The maximum Gasteiger partial charge on any atom is 0.320 e.